The van der Waals surface area contributed by atoms with Crippen molar-refractivity contribution < 1.29 is 24.0 Å². The van der Waals surface area contributed by atoms with Crippen molar-refractivity contribution in [3.8, 4) is 17.2 Å². The Hall–Kier alpha value is -3.27. The number of likely N-dealkylation sites (tertiary alicyclic amines) is 1. The van der Waals surface area contributed by atoms with Crippen molar-refractivity contribution in [2.45, 2.75) is 39.2 Å². The number of hydrogen-bond acceptors (Lipinski definition) is 6. The van der Waals surface area contributed by atoms with Crippen LogP contribution in [0.4, 0.5) is 5.69 Å². The van der Waals surface area contributed by atoms with Crippen LogP contribution in [-0.2, 0) is 11.2 Å². The number of nitrogens with zero attached hydrogens (tertiary/aromatic N) is 2. The Morgan fingerprint density at radius 3 is 2.81 bits per heavy atom. The third-order valence-corrected chi connectivity index (χ3v) is 5.95. The van der Waals surface area contributed by atoms with E-state index in [0.29, 0.717) is 23.5 Å². The number of benzene rings is 2. The van der Waals surface area contributed by atoms with E-state index >= 15 is 0 Å². The van der Waals surface area contributed by atoms with E-state index in [9.17, 15) is 19.2 Å². The van der Waals surface area contributed by atoms with Gasteiger partial charge in [0.05, 0.1) is 22.9 Å². The molecule has 1 amide bonds. The van der Waals surface area contributed by atoms with Crippen molar-refractivity contribution in [2.75, 3.05) is 17.9 Å². The Morgan fingerprint density at radius 1 is 1.28 bits per heavy atom. The SMILES string of the molecule is CC.NC1=NS(=O)Nc2cccc(OCC3CCCCN3C(=O)c3ccc(O)cc3O)c21. The lowest BCUT2D eigenvalue weighted by Gasteiger charge is -2.36. The number of hydrogen-bond donors (Lipinski definition) is 4. The number of carbonyl (C=O) groups excluding carboxylic acids is 1. The van der Waals surface area contributed by atoms with E-state index in [-0.39, 0.29) is 41.5 Å². The molecule has 2 aliphatic rings. The van der Waals surface area contributed by atoms with Crippen LogP contribution in [0.25, 0.3) is 0 Å². The second-order valence-electron chi connectivity index (χ2n) is 7.17. The zero-order valence-electron chi connectivity index (χ0n) is 18.1. The fourth-order valence-electron chi connectivity index (χ4n) is 3.74. The van der Waals surface area contributed by atoms with Gasteiger partial charge in [-0.15, -0.1) is 0 Å². The Morgan fingerprint density at radius 2 is 2.06 bits per heavy atom. The lowest BCUT2D eigenvalue weighted by atomic mass is 10.0. The minimum atomic E-state index is -1.62. The van der Waals surface area contributed by atoms with Crippen LogP contribution in [0.15, 0.2) is 40.8 Å². The summed E-state index contributed by atoms with van der Waals surface area (Å²) < 4.78 is 24.3. The number of piperidine rings is 1. The maximum Gasteiger partial charge on any atom is 0.257 e. The van der Waals surface area contributed by atoms with Gasteiger partial charge in [-0.05, 0) is 43.5 Å². The molecular weight excluding hydrogens is 432 g/mol. The molecule has 2 atom stereocenters. The molecule has 0 aromatic heterocycles. The van der Waals surface area contributed by atoms with E-state index in [2.05, 4.69) is 9.12 Å². The molecule has 9 nitrogen and oxygen atoms in total. The monoisotopic (exact) mass is 460 g/mol. The molecule has 2 aromatic rings. The molecule has 0 spiro atoms. The Bertz CT molecular complexity index is 1040. The Balaban J connectivity index is 0.00000141. The largest absolute Gasteiger partial charge is 0.508 e. The lowest BCUT2D eigenvalue weighted by Crippen LogP contribution is -2.46. The molecular formula is C22H28N4O5S. The molecule has 2 heterocycles. The zero-order chi connectivity index (χ0) is 23.3. The fourth-order valence-corrected chi connectivity index (χ4v) is 4.41. The molecule has 2 unspecified atom stereocenters. The summed E-state index contributed by atoms with van der Waals surface area (Å²) in [6, 6.07) is 8.99. The number of amidine groups is 1. The predicted molar refractivity (Wildman–Crippen MR) is 124 cm³/mol. The normalized spacial score (nSPS) is 19.6. The summed E-state index contributed by atoms with van der Waals surface area (Å²) in [5.74, 6) is -0.0589. The van der Waals surface area contributed by atoms with Crippen LogP contribution >= 0.6 is 0 Å². The van der Waals surface area contributed by atoms with Crippen LogP contribution in [-0.4, -0.2) is 50.3 Å². The van der Waals surface area contributed by atoms with E-state index in [4.69, 9.17) is 10.5 Å². The fraction of sp³-hybridized carbons (Fsp3) is 0.364. The average Bonchev–Trinajstić information content (AvgIpc) is 2.78. The molecule has 0 bridgehead atoms. The van der Waals surface area contributed by atoms with Gasteiger partial charge in [0.15, 0.2) is 0 Å². The van der Waals surface area contributed by atoms with Crippen molar-refractivity contribution in [3.63, 3.8) is 0 Å². The second-order valence-corrected chi connectivity index (χ2v) is 8.05. The van der Waals surface area contributed by atoms with Gasteiger partial charge >= 0.3 is 0 Å². The minimum Gasteiger partial charge on any atom is -0.508 e. The standard InChI is InChI=1S/C20H22N4O5S.C2H6/c21-19-18-15(22-30(28)23-19)5-3-6-17(18)29-11-12-4-1-2-9-24(12)20(27)14-8-7-13(25)10-16(14)26;1-2/h3,5-8,10,12,22,25-26H,1-2,4,9,11H2,(H2,21,23);1-2H3. The highest BCUT2D eigenvalue weighted by Crippen LogP contribution is 2.31. The number of phenols is 2. The zero-order valence-corrected chi connectivity index (χ0v) is 18.9. The molecule has 0 saturated carbocycles. The number of nitrogens with two attached hydrogens (primary N) is 1. The van der Waals surface area contributed by atoms with Gasteiger partial charge in [-0.1, -0.05) is 19.9 Å². The Labute approximate surface area is 189 Å². The van der Waals surface area contributed by atoms with Gasteiger partial charge in [-0.3, -0.25) is 9.52 Å². The molecule has 4 rings (SSSR count). The molecule has 5 N–H and O–H groups in total. The predicted octanol–water partition coefficient (Wildman–Crippen LogP) is 2.91. The third-order valence-electron chi connectivity index (χ3n) is 5.19. The first kappa shape index (κ1) is 23.4. The van der Waals surface area contributed by atoms with Crippen LogP contribution in [0.1, 0.15) is 49.0 Å². The number of rotatable bonds is 4. The summed E-state index contributed by atoms with van der Waals surface area (Å²) in [6.07, 6.45) is 2.57. The quantitative estimate of drug-likeness (QED) is 0.554. The first-order valence-electron chi connectivity index (χ1n) is 10.6. The highest BCUT2D eigenvalue weighted by Gasteiger charge is 2.30. The van der Waals surface area contributed by atoms with Crippen LogP contribution in [0, 0.1) is 0 Å². The highest BCUT2D eigenvalue weighted by atomic mass is 32.2. The van der Waals surface area contributed by atoms with Gasteiger partial charge in [0.25, 0.3) is 5.91 Å². The maximum atomic E-state index is 13.0. The molecule has 1 fully saturated rings. The van der Waals surface area contributed by atoms with E-state index in [0.717, 1.165) is 25.3 Å². The van der Waals surface area contributed by atoms with E-state index in [1.54, 1.807) is 23.1 Å². The number of carbonyl (C=O) groups is 1. The average molecular weight is 461 g/mol. The van der Waals surface area contributed by atoms with Crippen LogP contribution in [0.5, 0.6) is 17.2 Å². The van der Waals surface area contributed by atoms with Gasteiger partial charge in [0.2, 0.25) is 11.2 Å². The molecule has 1 saturated heterocycles. The van der Waals surface area contributed by atoms with Gasteiger partial charge in [-0.25, -0.2) is 4.21 Å². The Kier molecular flexibility index (Phi) is 7.57. The van der Waals surface area contributed by atoms with Crippen molar-refractivity contribution in [1.82, 2.24) is 4.90 Å². The second kappa shape index (κ2) is 10.4. The molecule has 172 valence electrons. The third kappa shape index (κ3) is 4.96. The number of aromatic hydroxyl groups is 2. The first-order chi connectivity index (χ1) is 15.4. The van der Waals surface area contributed by atoms with E-state index < -0.39 is 11.2 Å². The van der Waals surface area contributed by atoms with Crippen LogP contribution < -0.4 is 15.2 Å². The highest BCUT2D eigenvalue weighted by molar-refractivity contribution is 7.85. The summed E-state index contributed by atoms with van der Waals surface area (Å²) in [7, 11) is 0. The molecule has 0 radical (unpaired) electrons. The van der Waals surface area contributed by atoms with Gasteiger partial charge < -0.3 is 25.6 Å². The smallest absolute Gasteiger partial charge is 0.257 e. The molecule has 2 aromatic carbocycles. The van der Waals surface area contributed by atoms with Crippen molar-refractivity contribution in [2.24, 2.45) is 10.1 Å². The van der Waals surface area contributed by atoms with Gasteiger partial charge in [-0.2, -0.15) is 4.40 Å². The minimum absolute atomic E-state index is 0.106. The number of ether oxygens (including phenoxy) is 1. The lowest BCUT2D eigenvalue weighted by molar-refractivity contribution is 0.0525. The first-order valence-corrected chi connectivity index (χ1v) is 11.7. The number of fused-ring (bicyclic) bond motifs is 1. The molecule has 2 aliphatic heterocycles. The summed E-state index contributed by atoms with van der Waals surface area (Å²) in [5.41, 5.74) is 7.21. The van der Waals surface area contributed by atoms with Gasteiger partial charge in [0, 0.05) is 12.6 Å². The van der Waals surface area contributed by atoms with Crippen molar-refractivity contribution in [1.29, 1.82) is 0 Å². The number of phenolic OH excluding ortho intramolecular Hbond substituents is 2. The number of nitrogens with one attached hydrogen (secondary N) is 1. The summed E-state index contributed by atoms with van der Waals surface area (Å²) >= 11 is -1.62. The summed E-state index contributed by atoms with van der Waals surface area (Å²) in [5, 5.41) is 19.5. The van der Waals surface area contributed by atoms with E-state index in [1.807, 2.05) is 13.8 Å². The molecule has 10 heteroatoms. The van der Waals surface area contributed by atoms with Crippen molar-refractivity contribution in [3.05, 3.63) is 47.5 Å². The van der Waals surface area contributed by atoms with Crippen LogP contribution in [0.2, 0.25) is 0 Å². The molecule has 0 aliphatic carbocycles. The number of anilines is 1. The molecule has 32 heavy (non-hydrogen) atoms. The topological polar surface area (TPSA) is 137 Å². The van der Waals surface area contributed by atoms with Crippen molar-refractivity contribution >= 4 is 28.6 Å². The van der Waals surface area contributed by atoms with Crippen LogP contribution in [0.3, 0.4) is 0 Å². The van der Waals surface area contributed by atoms with Gasteiger partial charge in [0.1, 0.15) is 29.7 Å². The number of amides is 1. The summed E-state index contributed by atoms with van der Waals surface area (Å²) in [4.78, 5) is 14.7. The van der Waals surface area contributed by atoms with E-state index in [1.165, 1.54) is 12.1 Å². The maximum absolute atomic E-state index is 13.0. The summed E-state index contributed by atoms with van der Waals surface area (Å²) in [6.45, 7) is 4.78.